The fraction of sp³-hybridized carbons (Fsp3) is 0.0989. The summed E-state index contributed by atoms with van der Waals surface area (Å²) in [5.41, 5.74) is 21.7. The van der Waals surface area contributed by atoms with Crippen LogP contribution in [0.1, 0.15) is 87.7 Å². The molecule has 2 nitrogen and oxygen atoms in total. The number of aryl methyl sites for hydroxylation is 4. The summed E-state index contributed by atoms with van der Waals surface area (Å²) in [6.07, 6.45) is 15.6. The third-order valence-corrected chi connectivity index (χ3v) is 20.0. The van der Waals surface area contributed by atoms with Crippen LogP contribution < -0.4 is 9.80 Å². The predicted octanol–water partition coefficient (Wildman–Crippen LogP) is 26.1. The van der Waals surface area contributed by atoms with Crippen LogP contribution in [0.3, 0.4) is 0 Å². The Morgan fingerprint density at radius 2 is 0.581 bits per heavy atom. The zero-order valence-corrected chi connectivity index (χ0v) is 53.1. The van der Waals surface area contributed by atoms with Gasteiger partial charge in [0.05, 0.1) is 11.4 Å². The summed E-state index contributed by atoms with van der Waals surface area (Å²) in [4.78, 5) is 4.91. The Kier molecular flexibility index (Phi) is 13.8. The van der Waals surface area contributed by atoms with Crippen LogP contribution >= 0.6 is 0 Å². The zero-order chi connectivity index (χ0) is 62.3. The number of allylic oxidation sites excluding steroid dienone is 1. The molecular weight excluding hydrogens is 1120 g/mol. The predicted molar refractivity (Wildman–Crippen MR) is 403 cm³/mol. The second kappa shape index (κ2) is 23.0. The minimum atomic E-state index is 1.10. The van der Waals surface area contributed by atoms with E-state index in [9.17, 15) is 0 Å². The van der Waals surface area contributed by atoms with Crippen LogP contribution in [0.5, 0.6) is 0 Å². The number of rotatable bonds is 12. The fourth-order valence-corrected chi connectivity index (χ4v) is 15.3. The van der Waals surface area contributed by atoms with Gasteiger partial charge in [-0.05, 0) is 234 Å². The van der Waals surface area contributed by atoms with Crippen molar-refractivity contribution < 1.29 is 0 Å². The van der Waals surface area contributed by atoms with Gasteiger partial charge in [-0.1, -0.05) is 259 Å². The summed E-state index contributed by atoms with van der Waals surface area (Å²) in [6, 6.07) is 101. The lowest BCUT2D eigenvalue weighted by atomic mass is 9.81. The maximum Gasteiger partial charge on any atom is 0.0540 e. The molecule has 0 amide bonds. The van der Waals surface area contributed by atoms with Crippen molar-refractivity contribution in [2.75, 3.05) is 9.80 Å². The monoisotopic (exact) mass is 1190 g/mol. The Morgan fingerprint density at radius 3 is 1.02 bits per heavy atom. The van der Waals surface area contributed by atoms with Gasteiger partial charge in [-0.15, -0.1) is 0 Å². The molecule has 444 valence electrons. The summed E-state index contributed by atoms with van der Waals surface area (Å²) in [6.45, 7) is 8.63. The van der Waals surface area contributed by atoms with Gasteiger partial charge in [0.2, 0.25) is 0 Å². The molecule has 0 spiro atoms. The van der Waals surface area contributed by atoms with Crippen LogP contribution in [0.15, 0.2) is 272 Å². The number of fused-ring (bicyclic) bond motifs is 6. The second-order valence-electron chi connectivity index (χ2n) is 26.1. The third-order valence-electron chi connectivity index (χ3n) is 20.0. The molecular formula is C91H70N2. The lowest BCUT2D eigenvalue weighted by molar-refractivity contribution is 0.602. The Labute approximate surface area is 544 Å². The van der Waals surface area contributed by atoms with Crippen molar-refractivity contribution in [3.63, 3.8) is 0 Å². The van der Waals surface area contributed by atoms with Crippen molar-refractivity contribution in [2.24, 2.45) is 0 Å². The van der Waals surface area contributed by atoms with Crippen LogP contribution in [0, 0.1) is 27.7 Å². The first-order valence-corrected chi connectivity index (χ1v) is 33.2. The quantitative estimate of drug-likeness (QED) is 0.0683. The Bertz CT molecular complexity index is 5610. The topological polar surface area (TPSA) is 6.48 Å². The van der Waals surface area contributed by atoms with Crippen molar-refractivity contribution in [2.45, 2.75) is 59.8 Å². The number of nitrogens with zero attached hydrogens (tertiary/aromatic N) is 2. The van der Waals surface area contributed by atoms with Crippen LogP contribution in [-0.4, -0.2) is 0 Å². The van der Waals surface area contributed by atoms with Gasteiger partial charge in [0, 0.05) is 33.5 Å². The number of hydrogen-bond donors (Lipinski definition) is 0. The first kappa shape index (κ1) is 56.0. The van der Waals surface area contributed by atoms with Gasteiger partial charge in [-0.25, -0.2) is 0 Å². The molecule has 0 aromatic heterocycles. The first-order chi connectivity index (χ1) is 45.7. The van der Waals surface area contributed by atoms with E-state index in [2.05, 4.69) is 329 Å². The van der Waals surface area contributed by atoms with Crippen molar-refractivity contribution in [1.82, 2.24) is 0 Å². The highest BCUT2D eigenvalue weighted by molar-refractivity contribution is 6.48. The molecule has 0 bridgehead atoms. The van der Waals surface area contributed by atoms with E-state index in [0.717, 1.165) is 45.3 Å². The van der Waals surface area contributed by atoms with E-state index in [1.807, 2.05) is 0 Å². The van der Waals surface area contributed by atoms with E-state index in [1.54, 1.807) is 5.57 Å². The summed E-state index contributed by atoms with van der Waals surface area (Å²) >= 11 is 0. The Hall–Kier alpha value is -11.1. The largest absolute Gasteiger partial charge is 0.310 e. The molecule has 0 N–H and O–H groups in total. The molecule has 2 heteroatoms. The summed E-state index contributed by atoms with van der Waals surface area (Å²) in [5, 5.41) is 20.4. The maximum atomic E-state index is 2.47. The fourth-order valence-electron chi connectivity index (χ4n) is 15.3. The van der Waals surface area contributed by atoms with Gasteiger partial charge in [0.25, 0.3) is 0 Å². The van der Waals surface area contributed by atoms with Crippen LogP contribution in [0.2, 0.25) is 0 Å². The van der Waals surface area contributed by atoms with Crippen LogP contribution in [-0.2, 0) is 0 Å². The smallest absolute Gasteiger partial charge is 0.0540 e. The molecule has 0 atom stereocenters. The average Bonchev–Trinajstić information content (AvgIpc) is 0.682. The Balaban J connectivity index is 0.810. The lowest BCUT2D eigenvalue weighted by Crippen LogP contribution is -2.10. The lowest BCUT2D eigenvalue weighted by Gasteiger charge is -2.29. The molecule has 1 fully saturated rings. The van der Waals surface area contributed by atoms with E-state index < -0.39 is 0 Å². The molecule has 17 rings (SSSR count). The summed E-state index contributed by atoms with van der Waals surface area (Å²) in [5.74, 6) is 0. The maximum absolute atomic E-state index is 2.47. The SMILES string of the molecule is Cc1ccc(C=Cc2ccc(N(c3ccc(C)cc3)c3ccc4c5cccc6c5c(c5cccc3c45)c3cccc4c5ccc(N(c7ccc(C)cc7)c7ccc(C=C(c8ccc(C)cc8)c8ccc(C=C9CCCCC9)cc8)cc7)c7cccc(c75)c6c43)cc2)cc1. The molecule has 93 heavy (non-hydrogen) atoms. The van der Waals surface area contributed by atoms with Gasteiger partial charge in [-0.3, -0.25) is 0 Å². The number of anilines is 6. The van der Waals surface area contributed by atoms with Gasteiger partial charge in [0.1, 0.15) is 0 Å². The average molecular weight is 1190 g/mol. The highest BCUT2D eigenvalue weighted by Crippen LogP contribution is 2.53. The van der Waals surface area contributed by atoms with Gasteiger partial charge in [-0.2, -0.15) is 0 Å². The highest BCUT2D eigenvalue weighted by Gasteiger charge is 2.26. The molecule has 0 radical (unpaired) electrons. The normalized spacial score (nSPS) is 13.2. The van der Waals surface area contributed by atoms with Crippen LogP contribution in [0.25, 0.3) is 116 Å². The molecule has 0 saturated heterocycles. The van der Waals surface area contributed by atoms with E-state index >= 15 is 0 Å². The molecule has 1 saturated carbocycles. The van der Waals surface area contributed by atoms with E-state index in [1.165, 1.54) is 168 Å². The van der Waals surface area contributed by atoms with Crippen LogP contribution in [0.4, 0.5) is 34.1 Å². The van der Waals surface area contributed by atoms with Gasteiger partial charge < -0.3 is 9.80 Å². The second-order valence-corrected chi connectivity index (χ2v) is 26.1. The van der Waals surface area contributed by atoms with Gasteiger partial charge in [0.15, 0.2) is 0 Å². The van der Waals surface area contributed by atoms with Crippen molar-refractivity contribution in [1.29, 1.82) is 0 Å². The molecule has 16 aromatic rings. The van der Waals surface area contributed by atoms with Crippen molar-refractivity contribution in [3.05, 3.63) is 328 Å². The van der Waals surface area contributed by atoms with E-state index in [4.69, 9.17) is 0 Å². The third kappa shape index (κ3) is 9.88. The molecule has 0 aliphatic heterocycles. The highest BCUT2D eigenvalue weighted by atomic mass is 15.1. The molecule has 1 aliphatic rings. The standard InChI is InChI=1S/C91H70N2/c1-58-22-30-62(31-23-58)32-33-63-36-48-71(49-37-63)92(69-44-26-60(3)27-45-69)84-54-52-75-73-14-8-21-82-88(73)90(79-18-10-16-77(84)86(75)79)81-20-9-15-74-76-53-55-85(78-17-11-19-80(87(76)78)91(82)89(74)81)93(70-46-28-61(4)29-47-70)72-50-38-66(39-51-72)57-83(67-40-24-59(2)25-41-67)68-42-34-65(35-43-68)56-64-12-6-5-7-13-64/h8-11,14-57H,5-7,12-13H2,1-4H3. The molecule has 1 aliphatic carbocycles. The summed E-state index contributed by atoms with van der Waals surface area (Å²) in [7, 11) is 0. The Morgan fingerprint density at radius 1 is 0.269 bits per heavy atom. The first-order valence-electron chi connectivity index (χ1n) is 33.2. The minimum Gasteiger partial charge on any atom is -0.310 e. The molecule has 0 heterocycles. The number of benzene rings is 16. The minimum absolute atomic E-state index is 1.10. The number of hydrogen-bond acceptors (Lipinski definition) is 2. The van der Waals surface area contributed by atoms with E-state index in [-0.39, 0.29) is 0 Å². The van der Waals surface area contributed by atoms with Crippen molar-refractivity contribution >= 4 is 150 Å². The van der Waals surface area contributed by atoms with Gasteiger partial charge >= 0.3 is 0 Å². The van der Waals surface area contributed by atoms with Crippen molar-refractivity contribution in [3.8, 4) is 0 Å². The molecule has 16 aromatic carbocycles. The van der Waals surface area contributed by atoms with E-state index in [0.29, 0.717) is 0 Å². The summed E-state index contributed by atoms with van der Waals surface area (Å²) < 4.78 is 0. The molecule has 0 unspecified atom stereocenters. The zero-order valence-electron chi connectivity index (χ0n) is 53.1.